The molecule has 2 bridgehead atoms. The Balaban J connectivity index is 2.08. The Kier molecular flexibility index (Phi) is 1.22. The largest absolute Gasteiger partial charge is 0.340 e. The van der Waals surface area contributed by atoms with Gasteiger partial charge in [0.15, 0.2) is 0 Å². The second kappa shape index (κ2) is 1.97. The maximum atomic E-state index is 11.0. The molecule has 56 valence electrons. The van der Waals surface area contributed by atoms with Crippen LogP contribution in [0.15, 0.2) is 0 Å². The van der Waals surface area contributed by atoms with Gasteiger partial charge in [-0.25, -0.2) is 0 Å². The van der Waals surface area contributed by atoms with Crippen molar-refractivity contribution in [2.45, 2.75) is 32.2 Å². The van der Waals surface area contributed by atoms with Gasteiger partial charge in [0.1, 0.15) is 0 Å². The van der Waals surface area contributed by atoms with Crippen molar-refractivity contribution in [2.75, 3.05) is 6.54 Å². The van der Waals surface area contributed by atoms with E-state index in [0.29, 0.717) is 6.04 Å². The zero-order chi connectivity index (χ0) is 7.14. The number of amides is 1. The summed E-state index contributed by atoms with van der Waals surface area (Å²) in [5, 5.41) is 0. The maximum absolute atomic E-state index is 11.0. The predicted molar refractivity (Wildman–Crippen MR) is 38.5 cm³/mol. The minimum atomic E-state index is 0.271. The van der Waals surface area contributed by atoms with E-state index in [1.54, 1.807) is 6.92 Å². The van der Waals surface area contributed by atoms with Crippen LogP contribution in [-0.2, 0) is 4.79 Å². The van der Waals surface area contributed by atoms with Gasteiger partial charge in [-0.2, -0.15) is 0 Å². The highest BCUT2D eigenvalue weighted by atomic mass is 16.2. The number of carbonyl (C=O) groups excluding carboxylic acids is 1. The minimum Gasteiger partial charge on any atom is -0.340 e. The summed E-state index contributed by atoms with van der Waals surface area (Å²) in [5.74, 6) is 1.11. The van der Waals surface area contributed by atoms with Gasteiger partial charge in [0.2, 0.25) is 5.91 Å². The van der Waals surface area contributed by atoms with Crippen LogP contribution < -0.4 is 0 Å². The molecular formula is C8H13NO. The van der Waals surface area contributed by atoms with Crippen LogP contribution in [0.4, 0.5) is 0 Å². The topological polar surface area (TPSA) is 20.3 Å². The molecule has 0 spiro atoms. The molecule has 0 aromatic rings. The van der Waals surface area contributed by atoms with Crippen LogP contribution in [0.1, 0.15) is 26.2 Å². The zero-order valence-corrected chi connectivity index (χ0v) is 6.34. The first kappa shape index (κ1) is 6.20. The summed E-state index contributed by atoms with van der Waals surface area (Å²) in [4.78, 5) is 13.0. The second-order valence-corrected chi connectivity index (χ2v) is 3.50. The summed E-state index contributed by atoms with van der Waals surface area (Å²) in [5.41, 5.74) is 0. The van der Waals surface area contributed by atoms with Crippen LogP contribution in [0.25, 0.3) is 0 Å². The van der Waals surface area contributed by atoms with Gasteiger partial charge >= 0.3 is 0 Å². The van der Waals surface area contributed by atoms with Gasteiger partial charge in [-0.1, -0.05) is 0 Å². The molecule has 1 aliphatic heterocycles. The molecule has 1 amide bonds. The van der Waals surface area contributed by atoms with Crippen molar-refractivity contribution >= 4 is 5.91 Å². The van der Waals surface area contributed by atoms with Crippen LogP contribution >= 0.6 is 0 Å². The van der Waals surface area contributed by atoms with E-state index in [1.165, 1.54) is 19.3 Å². The Bertz CT molecular complexity index is 167. The van der Waals surface area contributed by atoms with Gasteiger partial charge in [0.25, 0.3) is 0 Å². The highest BCUT2D eigenvalue weighted by Crippen LogP contribution is 2.37. The lowest BCUT2D eigenvalue weighted by atomic mass is 10.1. The van der Waals surface area contributed by atoms with E-state index >= 15 is 0 Å². The number of rotatable bonds is 0. The fourth-order valence-corrected chi connectivity index (χ4v) is 2.31. The third-order valence-corrected chi connectivity index (χ3v) is 2.81. The van der Waals surface area contributed by atoms with Gasteiger partial charge in [0.05, 0.1) is 0 Å². The summed E-state index contributed by atoms with van der Waals surface area (Å²) < 4.78 is 0. The van der Waals surface area contributed by atoms with Crippen molar-refractivity contribution in [3.8, 4) is 0 Å². The average Bonchev–Trinajstić information content (AvgIpc) is 2.44. The van der Waals surface area contributed by atoms with Crippen LogP contribution in [-0.4, -0.2) is 23.4 Å². The molecule has 0 aromatic carbocycles. The van der Waals surface area contributed by atoms with Crippen molar-refractivity contribution in [3.63, 3.8) is 0 Å². The maximum Gasteiger partial charge on any atom is 0.219 e. The number of hydrogen-bond donors (Lipinski definition) is 0. The normalized spacial score (nSPS) is 37.1. The molecule has 0 N–H and O–H groups in total. The Morgan fingerprint density at radius 1 is 1.50 bits per heavy atom. The molecule has 0 unspecified atom stereocenters. The van der Waals surface area contributed by atoms with Crippen LogP contribution in [0.5, 0.6) is 0 Å². The average molecular weight is 139 g/mol. The summed E-state index contributed by atoms with van der Waals surface area (Å²) in [6.07, 6.45) is 3.89. The van der Waals surface area contributed by atoms with E-state index in [2.05, 4.69) is 0 Å². The van der Waals surface area contributed by atoms with Crippen LogP contribution in [0.2, 0.25) is 0 Å². The molecule has 2 nitrogen and oxygen atoms in total. The Morgan fingerprint density at radius 3 is 2.60 bits per heavy atom. The second-order valence-electron chi connectivity index (χ2n) is 3.50. The molecule has 2 atom stereocenters. The van der Waals surface area contributed by atoms with Crippen LogP contribution in [0.3, 0.4) is 0 Å². The monoisotopic (exact) mass is 139 g/mol. The van der Waals surface area contributed by atoms with E-state index in [1.807, 2.05) is 4.90 Å². The van der Waals surface area contributed by atoms with Crippen molar-refractivity contribution in [1.82, 2.24) is 4.90 Å². The lowest BCUT2D eigenvalue weighted by molar-refractivity contribution is -0.130. The minimum absolute atomic E-state index is 0.271. The Labute approximate surface area is 61.2 Å². The molecule has 1 aliphatic carbocycles. The lowest BCUT2D eigenvalue weighted by Crippen LogP contribution is -2.35. The van der Waals surface area contributed by atoms with Gasteiger partial charge in [-0.3, -0.25) is 4.79 Å². The number of piperidine rings is 1. The van der Waals surface area contributed by atoms with Crippen molar-refractivity contribution in [1.29, 1.82) is 0 Å². The van der Waals surface area contributed by atoms with E-state index in [9.17, 15) is 4.79 Å². The number of carbonyl (C=O) groups is 1. The predicted octanol–water partition coefficient (Wildman–Crippen LogP) is 1.02. The first-order valence-electron chi connectivity index (χ1n) is 4.04. The van der Waals surface area contributed by atoms with E-state index in [0.717, 1.165) is 12.5 Å². The Morgan fingerprint density at radius 2 is 2.30 bits per heavy atom. The summed E-state index contributed by atoms with van der Waals surface area (Å²) in [6, 6.07) is 0.613. The van der Waals surface area contributed by atoms with Gasteiger partial charge in [0, 0.05) is 19.5 Å². The smallest absolute Gasteiger partial charge is 0.219 e. The first-order valence-corrected chi connectivity index (χ1v) is 4.04. The molecule has 0 aromatic heterocycles. The number of fused-ring (bicyclic) bond motifs is 2. The highest BCUT2D eigenvalue weighted by molar-refractivity contribution is 5.74. The van der Waals surface area contributed by atoms with Gasteiger partial charge in [-0.15, -0.1) is 0 Å². The van der Waals surface area contributed by atoms with Crippen molar-refractivity contribution in [3.05, 3.63) is 0 Å². The molecular weight excluding hydrogens is 126 g/mol. The fraction of sp³-hybridized carbons (Fsp3) is 0.875. The van der Waals surface area contributed by atoms with E-state index in [-0.39, 0.29) is 5.91 Å². The third-order valence-electron chi connectivity index (χ3n) is 2.81. The van der Waals surface area contributed by atoms with Crippen LogP contribution in [0, 0.1) is 5.92 Å². The van der Waals surface area contributed by atoms with E-state index < -0.39 is 0 Å². The molecule has 2 rings (SSSR count). The molecule has 2 aliphatic rings. The summed E-state index contributed by atoms with van der Waals surface area (Å²) in [7, 11) is 0. The first-order chi connectivity index (χ1) is 4.77. The third kappa shape index (κ3) is 0.746. The molecule has 2 fully saturated rings. The van der Waals surface area contributed by atoms with Gasteiger partial charge in [-0.05, 0) is 25.2 Å². The fourth-order valence-electron chi connectivity index (χ4n) is 2.31. The zero-order valence-electron chi connectivity index (χ0n) is 6.34. The van der Waals surface area contributed by atoms with Gasteiger partial charge < -0.3 is 4.90 Å². The molecule has 1 heterocycles. The Hall–Kier alpha value is -0.530. The molecule has 0 radical (unpaired) electrons. The molecule has 1 saturated heterocycles. The number of hydrogen-bond acceptors (Lipinski definition) is 1. The SMILES string of the molecule is CC(=O)N1C[C@H]2CC[C@@H]1C2. The molecule has 2 heteroatoms. The highest BCUT2D eigenvalue weighted by Gasteiger charge is 2.38. The number of likely N-dealkylation sites (tertiary alicyclic amines) is 1. The standard InChI is InChI=1S/C8H13NO/c1-6(10)9-5-7-2-3-8(9)4-7/h7-8H,2-5H2,1H3/t7-,8+/m0/s1. The summed E-state index contributed by atoms with van der Waals surface area (Å²) in [6.45, 7) is 2.72. The number of nitrogens with zero attached hydrogens (tertiary/aromatic N) is 1. The quantitative estimate of drug-likeness (QED) is 0.490. The molecule has 10 heavy (non-hydrogen) atoms. The van der Waals surface area contributed by atoms with Crippen molar-refractivity contribution in [2.24, 2.45) is 5.92 Å². The van der Waals surface area contributed by atoms with E-state index in [4.69, 9.17) is 0 Å². The molecule has 1 saturated carbocycles. The van der Waals surface area contributed by atoms with Crippen molar-refractivity contribution < 1.29 is 4.79 Å². The summed E-state index contributed by atoms with van der Waals surface area (Å²) >= 11 is 0. The lowest BCUT2D eigenvalue weighted by Gasteiger charge is -2.25.